The Hall–Kier alpha value is -1.88. The van der Waals surface area contributed by atoms with Crippen LogP contribution in [0.25, 0.3) is 5.65 Å². The molecule has 0 spiro atoms. The van der Waals surface area contributed by atoms with E-state index in [2.05, 4.69) is 30.7 Å². The Morgan fingerprint density at radius 2 is 1.66 bits per heavy atom. The second kappa shape index (κ2) is 13.4. The number of hydrogen-bond donors (Lipinski definition) is 0. The van der Waals surface area contributed by atoms with Crippen LogP contribution in [0.4, 0.5) is 0 Å². The van der Waals surface area contributed by atoms with Crippen LogP contribution in [0.5, 0.6) is 5.88 Å². The van der Waals surface area contributed by atoms with Crippen LogP contribution in [0, 0.1) is 0 Å². The van der Waals surface area contributed by atoms with Gasteiger partial charge in [0.05, 0.1) is 5.56 Å². The lowest BCUT2D eigenvalue weighted by Gasteiger charge is -2.18. The van der Waals surface area contributed by atoms with Crippen molar-refractivity contribution < 1.29 is 4.74 Å². The molecule has 2 heterocycles. The van der Waals surface area contributed by atoms with Crippen LogP contribution in [0.2, 0.25) is 0 Å². The Bertz CT molecular complexity index is 768. The van der Waals surface area contributed by atoms with E-state index in [1.165, 1.54) is 38.5 Å². The summed E-state index contributed by atoms with van der Waals surface area (Å²) in [7, 11) is 0. The maximum absolute atomic E-state index is 13.0. The van der Waals surface area contributed by atoms with Crippen LogP contribution in [0.3, 0.4) is 0 Å². The van der Waals surface area contributed by atoms with Crippen LogP contribution in [0.1, 0.15) is 77.7 Å². The zero-order valence-corrected chi connectivity index (χ0v) is 18.7. The van der Waals surface area contributed by atoms with E-state index in [0.29, 0.717) is 18.1 Å². The summed E-state index contributed by atoms with van der Waals surface area (Å²) in [5.74, 6) is 0.524. The van der Waals surface area contributed by atoms with E-state index in [9.17, 15) is 4.79 Å². The first kappa shape index (κ1) is 23.4. The van der Waals surface area contributed by atoms with Crippen molar-refractivity contribution in [2.24, 2.45) is 0 Å². The van der Waals surface area contributed by atoms with Gasteiger partial charge in [0.2, 0.25) is 5.88 Å². The number of hydrogen-bond acceptors (Lipinski definition) is 4. The van der Waals surface area contributed by atoms with Crippen molar-refractivity contribution in [3.63, 3.8) is 0 Å². The smallest absolute Gasteiger partial charge is 0.264 e. The fraction of sp³-hybridized carbons (Fsp3) is 0.667. The van der Waals surface area contributed by atoms with Gasteiger partial charge in [0, 0.05) is 12.7 Å². The molecule has 0 saturated carbocycles. The predicted molar refractivity (Wildman–Crippen MR) is 121 cm³/mol. The molecule has 5 nitrogen and oxygen atoms in total. The van der Waals surface area contributed by atoms with E-state index in [0.717, 1.165) is 44.5 Å². The molecule has 0 radical (unpaired) electrons. The van der Waals surface area contributed by atoms with E-state index in [1.54, 1.807) is 10.6 Å². The summed E-state index contributed by atoms with van der Waals surface area (Å²) in [5, 5.41) is 0. The van der Waals surface area contributed by atoms with Gasteiger partial charge >= 0.3 is 0 Å². The van der Waals surface area contributed by atoms with Crippen LogP contribution in [0.15, 0.2) is 29.2 Å². The summed E-state index contributed by atoms with van der Waals surface area (Å²) >= 11 is 0. The lowest BCUT2D eigenvalue weighted by molar-refractivity contribution is 0.216. The number of rotatable bonds is 15. The van der Waals surface area contributed by atoms with Crippen molar-refractivity contribution in [1.29, 1.82) is 0 Å². The van der Waals surface area contributed by atoms with Gasteiger partial charge in [-0.1, -0.05) is 71.8 Å². The molecule has 0 saturated heterocycles. The fourth-order valence-corrected chi connectivity index (χ4v) is 3.69. The maximum Gasteiger partial charge on any atom is 0.264 e. The highest BCUT2D eigenvalue weighted by molar-refractivity contribution is 5.42. The van der Waals surface area contributed by atoms with E-state index in [4.69, 9.17) is 4.74 Å². The molecule has 0 N–H and O–H groups in total. The highest BCUT2D eigenvalue weighted by atomic mass is 16.5. The molecule has 0 aliphatic heterocycles. The molecule has 0 amide bonds. The van der Waals surface area contributed by atoms with Crippen molar-refractivity contribution in [1.82, 2.24) is 14.3 Å². The average Bonchev–Trinajstić information content (AvgIpc) is 2.75. The highest BCUT2D eigenvalue weighted by Crippen LogP contribution is 2.17. The number of unbranched alkanes of at least 4 members (excludes halogenated alkanes) is 7. The van der Waals surface area contributed by atoms with Crippen molar-refractivity contribution in [3.05, 3.63) is 40.3 Å². The molecule has 0 fully saturated rings. The quantitative estimate of drug-likeness (QED) is 0.390. The molecule has 2 rings (SSSR count). The molecule has 0 atom stereocenters. The number of nitrogens with zero attached hydrogens (tertiary/aromatic N) is 3. The summed E-state index contributed by atoms with van der Waals surface area (Å²) in [6.07, 6.45) is 12.5. The first-order chi connectivity index (χ1) is 14.2. The molecule has 2 aromatic heterocycles. The van der Waals surface area contributed by atoms with Gasteiger partial charge in [-0.2, -0.15) is 4.98 Å². The number of aromatic nitrogens is 2. The largest absolute Gasteiger partial charge is 0.476 e. The van der Waals surface area contributed by atoms with Gasteiger partial charge in [0.15, 0.2) is 0 Å². The third-order valence-electron chi connectivity index (χ3n) is 5.61. The zero-order chi connectivity index (χ0) is 20.9. The lowest BCUT2D eigenvalue weighted by atomic mass is 10.1. The van der Waals surface area contributed by atoms with Crippen LogP contribution in [-0.2, 0) is 6.42 Å². The molecule has 0 aromatic carbocycles. The predicted octanol–water partition coefficient (Wildman–Crippen LogP) is 5.10. The third kappa shape index (κ3) is 7.46. The molecule has 0 aliphatic rings. The Morgan fingerprint density at radius 3 is 2.34 bits per heavy atom. The number of likely N-dealkylation sites (N-methyl/N-ethyl adjacent to an activating group) is 1. The van der Waals surface area contributed by atoms with Crippen molar-refractivity contribution in [2.45, 2.75) is 78.6 Å². The first-order valence-corrected chi connectivity index (χ1v) is 11.6. The highest BCUT2D eigenvalue weighted by Gasteiger charge is 2.14. The topological polar surface area (TPSA) is 46.8 Å². The van der Waals surface area contributed by atoms with E-state index in [-0.39, 0.29) is 5.56 Å². The average molecular weight is 402 g/mol. The monoisotopic (exact) mass is 401 g/mol. The third-order valence-corrected chi connectivity index (χ3v) is 5.61. The Morgan fingerprint density at radius 1 is 0.966 bits per heavy atom. The molecule has 0 aliphatic carbocycles. The molecule has 162 valence electrons. The number of fused-ring (bicyclic) bond motifs is 1. The van der Waals surface area contributed by atoms with Crippen molar-refractivity contribution in [3.8, 4) is 5.88 Å². The number of pyridine rings is 1. The molecule has 29 heavy (non-hydrogen) atoms. The van der Waals surface area contributed by atoms with Crippen molar-refractivity contribution >= 4 is 5.65 Å². The van der Waals surface area contributed by atoms with Gasteiger partial charge in [-0.3, -0.25) is 9.20 Å². The molecule has 2 aromatic rings. The minimum absolute atomic E-state index is 0.0105. The summed E-state index contributed by atoms with van der Waals surface area (Å²) in [4.78, 5) is 20.0. The SMILES string of the molecule is CCCCCCCCCCc1c(OCCN(CC)CC)nc2ccccn2c1=O. The normalized spacial score (nSPS) is 11.4. The standard InChI is InChI=1S/C24H39N3O2/c1-4-7-8-9-10-11-12-13-16-21-23(29-20-19-26(5-2)6-3)25-22-17-14-15-18-27(22)24(21)28/h14-15,17-18H,4-13,16,19-20H2,1-3H3. The number of ether oxygens (including phenoxy) is 1. The van der Waals surface area contributed by atoms with E-state index >= 15 is 0 Å². The van der Waals surface area contributed by atoms with Crippen LogP contribution >= 0.6 is 0 Å². The molecular weight excluding hydrogens is 362 g/mol. The van der Waals surface area contributed by atoms with Crippen LogP contribution in [-0.4, -0.2) is 40.5 Å². The lowest BCUT2D eigenvalue weighted by Crippen LogP contribution is -2.29. The van der Waals surface area contributed by atoms with E-state index in [1.807, 2.05) is 18.2 Å². The van der Waals surface area contributed by atoms with Gasteiger partial charge in [-0.15, -0.1) is 0 Å². The molecule has 0 bridgehead atoms. The zero-order valence-electron chi connectivity index (χ0n) is 18.7. The van der Waals surface area contributed by atoms with Crippen LogP contribution < -0.4 is 10.3 Å². The Kier molecular flexibility index (Phi) is 10.8. The van der Waals surface area contributed by atoms with Gasteiger partial charge in [-0.25, -0.2) is 0 Å². The fourth-order valence-electron chi connectivity index (χ4n) is 3.69. The second-order valence-electron chi connectivity index (χ2n) is 7.73. The Balaban J connectivity index is 2.00. The van der Waals surface area contributed by atoms with Gasteiger partial charge < -0.3 is 9.64 Å². The maximum atomic E-state index is 13.0. The Labute approximate surface area is 176 Å². The van der Waals surface area contributed by atoms with Gasteiger partial charge in [-0.05, 0) is 38.1 Å². The summed E-state index contributed by atoms with van der Waals surface area (Å²) in [5.41, 5.74) is 1.38. The minimum Gasteiger partial charge on any atom is -0.476 e. The van der Waals surface area contributed by atoms with E-state index < -0.39 is 0 Å². The molecule has 0 unspecified atom stereocenters. The molecular formula is C24H39N3O2. The van der Waals surface area contributed by atoms with Crippen molar-refractivity contribution in [2.75, 3.05) is 26.2 Å². The van der Waals surface area contributed by atoms with Gasteiger partial charge in [0.25, 0.3) is 5.56 Å². The first-order valence-electron chi connectivity index (χ1n) is 11.6. The second-order valence-corrected chi connectivity index (χ2v) is 7.73. The summed E-state index contributed by atoms with van der Waals surface area (Å²) in [6.45, 7) is 9.95. The molecule has 5 heteroatoms. The minimum atomic E-state index is 0.0105. The summed E-state index contributed by atoms with van der Waals surface area (Å²) < 4.78 is 7.65. The summed E-state index contributed by atoms with van der Waals surface area (Å²) in [6, 6.07) is 5.63. The van der Waals surface area contributed by atoms with Gasteiger partial charge in [0.1, 0.15) is 12.3 Å².